The molecule has 1 aromatic rings. The lowest BCUT2D eigenvalue weighted by Crippen LogP contribution is -2.39. The second-order valence-electron chi connectivity index (χ2n) is 5.66. The van der Waals surface area contributed by atoms with Gasteiger partial charge >= 0.3 is 17.8 Å². The van der Waals surface area contributed by atoms with Crippen LogP contribution >= 0.6 is 11.6 Å². The first-order valence-corrected chi connectivity index (χ1v) is 7.50. The molecule has 0 radical (unpaired) electrons. The van der Waals surface area contributed by atoms with E-state index in [0.717, 1.165) is 11.0 Å². The number of carbonyl (C=O) groups is 4. The van der Waals surface area contributed by atoms with Gasteiger partial charge in [-0.3, -0.25) is 19.3 Å². The molecular formula is C15H15ClFN3O4. The highest BCUT2D eigenvalue weighted by atomic mass is 35.5. The molecule has 0 aliphatic carbocycles. The number of nitrogens with zero attached hydrogens (tertiary/aromatic N) is 2. The minimum absolute atomic E-state index is 0.0131. The highest BCUT2D eigenvalue weighted by Crippen LogP contribution is 2.20. The summed E-state index contributed by atoms with van der Waals surface area (Å²) in [5.74, 6) is -3.37. The normalized spacial score (nSPS) is 14.8. The molecule has 2 rings (SSSR count). The average Bonchev–Trinajstić information content (AvgIpc) is 2.68. The van der Waals surface area contributed by atoms with Gasteiger partial charge in [-0.15, -0.1) is 0 Å². The highest BCUT2D eigenvalue weighted by molar-refractivity contribution is 6.45. The van der Waals surface area contributed by atoms with E-state index in [1.165, 1.54) is 12.1 Å². The van der Waals surface area contributed by atoms with Gasteiger partial charge in [0.1, 0.15) is 12.4 Å². The summed E-state index contributed by atoms with van der Waals surface area (Å²) in [6, 6.07) is 2.71. The molecule has 9 heteroatoms. The molecule has 0 unspecified atom stereocenters. The van der Waals surface area contributed by atoms with Crippen LogP contribution in [0.15, 0.2) is 18.2 Å². The van der Waals surface area contributed by atoms with E-state index in [0.29, 0.717) is 4.90 Å². The number of hydrogen-bond acceptors (Lipinski definition) is 4. The Balaban J connectivity index is 2.05. The molecule has 1 heterocycles. The molecule has 5 amide bonds. The fourth-order valence-corrected chi connectivity index (χ4v) is 2.31. The van der Waals surface area contributed by atoms with E-state index in [1.54, 1.807) is 13.8 Å². The van der Waals surface area contributed by atoms with Gasteiger partial charge in [0.2, 0.25) is 5.91 Å². The van der Waals surface area contributed by atoms with Crippen molar-refractivity contribution >= 4 is 41.0 Å². The monoisotopic (exact) mass is 355 g/mol. The van der Waals surface area contributed by atoms with Crippen molar-refractivity contribution in [3.8, 4) is 0 Å². The third-order valence-corrected chi connectivity index (χ3v) is 3.48. The van der Waals surface area contributed by atoms with E-state index in [9.17, 15) is 23.6 Å². The van der Waals surface area contributed by atoms with Gasteiger partial charge < -0.3 is 5.32 Å². The fourth-order valence-electron chi connectivity index (χ4n) is 2.13. The topological polar surface area (TPSA) is 86.8 Å². The molecule has 1 fully saturated rings. The molecule has 7 nitrogen and oxygen atoms in total. The standard InChI is InChI=1S/C15H15ClFN3O4/c1-8(2)6-19-13(22)14(23)20(15(19)24)7-12(21)18-9-3-4-11(17)10(16)5-9/h3-5,8H,6-7H2,1-2H3,(H,18,21). The molecule has 0 bridgehead atoms. The Morgan fingerprint density at radius 1 is 1.21 bits per heavy atom. The lowest BCUT2D eigenvalue weighted by molar-refractivity contribution is -0.143. The number of urea groups is 1. The summed E-state index contributed by atoms with van der Waals surface area (Å²) < 4.78 is 13.1. The van der Waals surface area contributed by atoms with Crippen LogP contribution in [0.1, 0.15) is 13.8 Å². The number of halogens is 2. The van der Waals surface area contributed by atoms with E-state index in [2.05, 4.69) is 5.32 Å². The smallest absolute Gasteiger partial charge is 0.324 e. The first-order chi connectivity index (χ1) is 11.2. The fraction of sp³-hybridized carbons (Fsp3) is 0.333. The lowest BCUT2D eigenvalue weighted by Gasteiger charge is -2.16. The van der Waals surface area contributed by atoms with Crippen molar-refractivity contribution in [1.82, 2.24) is 9.80 Å². The number of nitrogens with one attached hydrogen (secondary N) is 1. The van der Waals surface area contributed by atoms with Crippen molar-refractivity contribution in [2.45, 2.75) is 13.8 Å². The number of rotatable bonds is 5. The first-order valence-electron chi connectivity index (χ1n) is 7.13. The Morgan fingerprint density at radius 3 is 2.42 bits per heavy atom. The zero-order valence-electron chi connectivity index (χ0n) is 13.0. The summed E-state index contributed by atoms with van der Waals surface area (Å²) >= 11 is 5.60. The van der Waals surface area contributed by atoms with Crippen molar-refractivity contribution in [1.29, 1.82) is 0 Å². The number of anilines is 1. The van der Waals surface area contributed by atoms with Gasteiger partial charge in [-0.1, -0.05) is 25.4 Å². The van der Waals surface area contributed by atoms with Crippen LogP contribution in [0.2, 0.25) is 5.02 Å². The lowest BCUT2D eigenvalue weighted by atomic mass is 10.2. The second-order valence-corrected chi connectivity index (χ2v) is 6.07. The third-order valence-electron chi connectivity index (χ3n) is 3.19. The van der Waals surface area contributed by atoms with E-state index in [-0.39, 0.29) is 23.2 Å². The van der Waals surface area contributed by atoms with Crippen molar-refractivity contribution in [2.24, 2.45) is 5.92 Å². The SMILES string of the molecule is CC(C)CN1C(=O)C(=O)N(CC(=O)Nc2ccc(F)c(Cl)c2)C1=O. The number of carbonyl (C=O) groups excluding carboxylic acids is 4. The molecule has 0 spiro atoms. The maximum absolute atomic E-state index is 13.1. The van der Waals surface area contributed by atoms with Gasteiger partial charge in [0.15, 0.2) is 0 Å². The minimum Gasteiger partial charge on any atom is -0.324 e. The summed E-state index contributed by atoms with van der Waals surface area (Å²) in [6.07, 6.45) is 0. The van der Waals surface area contributed by atoms with Crippen LogP contribution in [0.3, 0.4) is 0 Å². The Labute approximate surface area is 142 Å². The molecule has 0 saturated carbocycles. The van der Waals surface area contributed by atoms with Gasteiger partial charge in [-0.25, -0.2) is 14.1 Å². The van der Waals surface area contributed by atoms with Gasteiger partial charge in [0, 0.05) is 12.2 Å². The number of amides is 5. The van der Waals surface area contributed by atoms with Crippen molar-refractivity contribution in [3.63, 3.8) is 0 Å². The predicted octanol–water partition coefficient (Wildman–Crippen LogP) is 1.86. The van der Waals surface area contributed by atoms with Crippen LogP contribution in [0, 0.1) is 11.7 Å². The maximum atomic E-state index is 13.1. The molecule has 128 valence electrons. The van der Waals surface area contributed by atoms with Gasteiger partial charge in [0.05, 0.1) is 5.02 Å². The molecule has 1 aliphatic heterocycles. The first kappa shape index (κ1) is 17.9. The van der Waals surface area contributed by atoms with Crippen LogP contribution in [0.4, 0.5) is 14.9 Å². The van der Waals surface area contributed by atoms with E-state index in [4.69, 9.17) is 11.6 Å². The Morgan fingerprint density at radius 2 is 1.83 bits per heavy atom. The van der Waals surface area contributed by atoms with Crippen LogP contribution < -0.4 is 5.32 Å². The van der Waals surface area contributed by atoms with Gasteiger partial charge in [0.25, 0.3) is 0 Å². The summed E-state index contributed by atoms with van der Waals surface area (Å²) in [5.41, 5.74) is 0.204. The largest absolute Gasteiger partial charge is 0.334 e. The zero-order chi connectivity index (χ0) is 18.0. The third kappa shape index (κ3) is 3.70. The molecule has 24 heavy (non-hydrogen) atoms. The number of hydrogen-bond donors (Lipinski definition) is 1. The summed E-state index contributed by atoms with van der Waals surface area (Å²) in [7, 11) is 0. The molecule has 1 saturated heterocycles. The van der Waals surface area contributed by atoms with Crippen LogP contribution in [-0.4, -0.2) is 46.6 Å². The highest BCUT2D eigenvalue weighted by Gasteiger charge is 2.45. The maximum Gasteiger partial charge on any atom is 0.334 e. The van der Waals surface area contributed by atoms with Crippen LogP contribution in [-0.2, 0) is 14.4 Å². The molecule has 1 N–H and O–H groups in total. The number of imide groups is 2. The number of benzene rings is 1. The Hall–Kier alpha value is -2.48. The van der Waals surface area contributed by atoms with E-state index < -0.39 is 36.1 Å². The summed E-state index contributed by atoms with van der Waals surface area (Å²) in [5, 5.41) is 2.20. The molecule has 0 aromatic heterocycles. The zero-order valence-corrected chi connectivity index (χ0v) is 13.8. The second kappa shape index (κ2) is 6.96. The molecular weight excluding hydrogens is 341 g/mol. The quantitative estimate of drug-likeness (QED) is 0.645. The minimum atomic E-state index is -1.05. The van der Waals surface area contributed by atoms with Crippen molar-refractivity contribution < 1.29 is 23.6 Å². The molecule has 1 aromatic carbocycles. The Kier molecular flexibility index (Phi) is 5.18. The van der Waals surface area contributed by atoms with Crippen LogP contribution in [0.25, 0.3) is 0 Å². The molecule has 0 atom stereocenters. The van der Waals surface area contributed by atoms with Gasteiger partial charge in [-0.2, -0.15) is 0 Å². The predicted molar refractivity (Wildman–Crippen MR) is 83.7 cm³/mol. The van der Waals surface area contributed by atoms with E-state index in [1.807, 2.05) is 0 Å². The van der Waals surface area contributed by atoms with Gasteiger partial charge in [-0.05, 0) is 24.1 Å². The van der Waals surface area contributed by atoms with Crippen LogP contribution in [0.5, 0.6) is 0 Å². The van der Waals surface area contributed by atoms with E-state index >= 15 is 0 Å². The van der Waals surface area contributed by atoms with Crippen molar-refractivity contribution in [2.75, 3.05) is 18.4 Å². The summed E-state index contributed by atoms with van der Waals surface area (Å²) in [6.45, 7) is 3.06. The van der Waals surface area contributed by atoms with Crippen molar-refractivity contribution in [3.05, 3.63) is 29.0 Å². The Bertz CT molecular complexity index is 723. The molecule has 1 aliphatic rings. The average molecular weight is 356 g/mol. The summed E-state index contributed by atoms with van der Waals surface area (Å²) in [4.78, 5) is 49.1.